The van der Waals surface area contributed by atoms with Crippen molar-refractivity contribution in [2.75, 3.05) is 23.3 Å². The number of rotatable bonds is 5. The van der Waals surface area contributed by atoms with Crippen molar-refractivity contribution >= 4 is 52.9 Å². The first-order valence-electron chi connectivity index (χ1n) is 14.0. The average molecular weight is 589 g/mol. The number of nitrogens with zero attached hydrogens (tertiary/aromatic N) is 3. The first kappa shape index (κ1) is 28.2. The molecule has 216 valence electrons. The topological polar surface area (TPSA) is 100 Å². The molecule has 2 N–H and O–H groups in total. The molecule has 0 saturated carbocycles. The summed E-state index contributed by atoms with van der Waals surface area (Å²) in [6, 6.07) is 11.0. The van der Waals surface area contributed by atoms with Gasteiger partial charge in [0.05, 0.1) is 34.6 Å². The lowest BCUT2D eigenvalue weighted by Gasteiger charge is -2.37. The van der Waals surface area contributed by atoms with Crippen LogP contribution < -0.4 is 21.1 Å². The molecule has 1 atom stereocenters. The maximum atomic E-state index is 14.9. The third-order valence-corrected chi connectivity index (χ3v) is 8.48. The van der Waals surface area contributed by atoms with Crippen LogP contribution >= 0.6 is 11.6 Å². The Morgan fingerprint density at radius 3 is 2.69 bits per heavy atom. The quantitative estimate of drug-likeness (QED) is 0.224. The van der Waals surface area contributed by atoms with Gasteiger partial charge < -0.3 is 24.4 Å². The van der Waals surface area contributed by atoms with Crippen LogP contribution in [-0.4, -0.2) is 36.4 Å². The van der Waals surface area contributed by atoms with E-state index in [0.717, 1.165) is 31.5 Å². The molecule has 2 aliphatic rings. The summed E-state index contributed by atoms with van der Waals surface area (Å²) in [6.07, 6.45) is 3.49. The lowest BCUT2D eigenvalue weighted by molar-refractivity contribution is 0.274. The number of oxime groups is 1. The zero-order valence-electron chi connectivity index (χ0n) is 23.9. The summed E-state index contributed by atoms with van der Waals surface area (Å²) in [5, 5.41) is 17.8. The molecule has 0 radical (unpaired) electrons. The molecule has 0 spiro atoms. The molecule has 4 aromatic rings. The number of pyridine rings is 1. The molecule has 1 saturated heterocycles. The summed E-state index contributed by atoms with van der Waals surface area (Å²) < 4.78 is 26.3. The number of anilines is 2. The van der Waals surface area contributed by atoms with Crippen molar-refractivity contribution in [3.8, 4) is 11.3 Å². The molecule has 0 aliphatic carbocycles. The molecule has 4 heterocycles. The van der Waals surface area contributed by atoms with Gasteiger partial charge in [-0.1, -0.05) is 37.6 Å². The molecule has 11 heteroatoms. The lowest BCUT2D eigenvalue weighted by atomic mass is 9.75. The van der Waals surface area contributed by atoms with Crippen molar-refractivity contribution in [2.24, 2.45) is 10.6 Å². The van der Waals surface area contributed by atoms with Crippen LogP contribution in [0.15, 0.2) is 56.8 Å². The summed E-state index contributed by atoms with van der Waals surface area (Å²) in [4.78, 5) is 20.2. The molecule has 2 aliphatic heterocycles. The average Bonchev–Trinajstić information content (AvgIpc) is 2.96. The highest BCUT2D eigenvalue weighted by atomic mass is 35.5. The Kier molecular flexibility index (Phi) is 7.23. The van der Waals surface area contributed by atoms with Crippen molar-refractivity contribution in [1.82, 2.24) is 4.98 Å². The first-order chi connectivity index (χ1) is 20.0. The van der Waals surface area contributed by atoms with Crippen molar-refractivity contribution in [1.29, 1.82) is 0 Å². The van der Waals surface area contributed by atoms with Gasteiger partial charge in [-0.2, -0.15) is 0 Å². The predicted molar refractivity (Wildman–Crippen MR) is 165 cm³/mol. The summed E-state index contributed by atoms with van der Waals surface area (Å²) in [5.41, 5.74) is 4.55. The predicted octanol–water partition coefficient (Wildman–Crippen LogP) is 5.81. The van der Waals surface area contributed by atoms with Crippen LogP contribution in [0.1, 0.15) is 56.3 Å². The Hall–Kier alpha value is -3.89. The minimum Gasteiger partial charge on any atom is -0.440 e. The highest BCUT2D eigenvalue weighted by Crippen LogP contribution is 2.37. The Morgan fingerprint density at radius 1 is 1.17 bits per heavy atom. The van der Waals surface area contributed by atoms with Crippen LogP contribution in [0, 0.1) is 18.2 Å². The summed E-state index contributed by atoms with van der Waals surface area (Å²) in [5.74, 6) is 0.0216. The van der Waals surface area contributed by atoms with E-state index < -0.39 is 19.0 Å². The maximum absolute atomic E-state index is 14.9. The van der Waals surface area contributed by atoms with Gasteiger partial charge in [-0.15, -0.1) is 5.16 Å². The highest BCUT2D eigenvalue weighted by molar-refractivity contribution is 6.62. The Morgan fingerprint density at radius 2 is 1.93 bits per heavy atom. The second-order valence-corrected chi connectivity index (χ2v) is 12.2. The highest BCUT2D eigenvalue weighted by Gasteiger charge is 2.29. The molecule has 6 rings (SSSR count). The number of aromatic nitrogens is 1. The standard InChI is InChI=1S/C31H31BClFN4O4/c1-17-28(39)23-15-21(34)14-22(29(23)41-30(17)38-11-9-31(3,4)10-12-38)18(2)36-25-7-8-26(33)37-27(25)19-5-6-24-20(13-19)16-35-42-32(24)40/h5-8,13-16,18,36,40H,9-12H2,1-4H3. The Labute approximate surface area is 248 Å². The molecule has 8 nitrogen and oxygen atoms in total. The van der Waals surface area contributed by atoms with E-state index in [1.54, 1.807) is 25.1 Å². The van der Waals surface area contributed by atoms with Gasteiger partial charge in [0.2, 0.25) is 5.88 Å². The molecule has 1 unspecified atom stereocenters. The molecule has 0 bridgehead atoms. The van der Waals surface area contributed by atoms with Crippen LogP contribution in [0.2, 0.25) is 5.15 Å². The minimum atomic E-state index is -1.15. The molecule has 2 aromatic carbocycles. The third kappa shape index (κ3) is 5.25. The molecular formula is C31H31BClFN4O4. The van der Waals surface area contributed by atoms with Gasteiger partial charge in [0, 0.05) is 29.7 Å². The lowest BCUT2D eigenvalue weighted by Crippen LogP contribution is -2.38. The normalized spacial score (nSPS) is 16.7. The Bertz CT molecular complexity index is 1780. The van der Waals surface area contributed by atoms with E-state index in [9.17, 15) is 14.2 Å². The molecule has 2 aromatic heterocycles. The van der Waals surface area contributed by atoms with Crippen molar-refractivity contribution in [3.63, 3.8) is 0 Å². The minimum absolute atomic E-state index is 0.210. The zero-order valence-corrected chi connectivity index (χ0v) is 24.6. The van der Waals surface area contributed by atoms with E-state index in [1.165, 1.54) is 18.3 Å². The van der Waals surface area contributed by atoms with Gasteiger partial charge in [0.25, 0.3) is 0 Å². The van der Waals surface area contributed by atoms with Gasteiger partial charge in [-0.3, -0.25) is 4.79 Å². The number of hydrogen-bond acceptors (Lipinski definition) is 8. The largest absolute Gasteiger partial charge is 0.583 e. The van der Waals surface area contributed by atoms with Gasteiger partial charge >= 0.3 is 7.12 Å². The summed E-state index contributed by atoms with van der Waals surface area (Å²) >= 11 is 6.30. The van der Waals surface area contributed by atoms with Crippen molar-refractivity contribution in [3.05, 3.63) is 80.3 Å². The molecule has 0 amide bonds. The van der Waals surface area contributed by atoms with Crippen LogP contribution in [0.25, 0.3) is 22.2 Å². The Balaban J connectivity index is 1.40. The number of hydrogen-bond donors (Lipinski definition) is 2. The molecule has 42 heavy (non-hydrogen) atoms. The monoisotopic (exact) mass is 588 g/mol. The van der Waals surface area contributed by atoms with Crippen LogP contribution in [-0.2, 0) is 4.76 Å². The van der Waals surface area contributed by atoms with E-state index in [4.69, 9.17) is 20.8 Å². The number of nitrogens with one attached hydrogen (secondary N) is 1. The van der Waals surface area contributed by atoms with E-state index in [-0.39, 0.29) is 16.2 Å². The fraction of sp³-hybridized carbons (Fsp3) is 0.323. The van der Waals surface area contributed by atoms with Gasteiger partial charge in [0.1, 0.15) is 16.6 Å². The van der Waals surface area contributed by atoms with Crippen molar-refractivity contribution < 1.29 is 18.6 Å². The van der Waals surface area contributed by atoms with Crippen molar-refractivity contribution in [2.45, 2.75) is 46.6 Å². The number of halogens is 2. The smallest absolute Gasteiger partial charge is 0.440 e. The van der Waals surface area contributed by atoms with Crippen LogP contribution in [0.5, 0.6) is 0 Å². The fourth-order valence-electron chi connectivity index (χ4n) is 5.65. The maximum Gasteiger partial charge on any atom is 0.583 e. The second kappa shape index (κ2) is 10.7. The fourth-order valence-corrected chi connectivity index (χ4v) is 5.80. The number of piperidine rings is 1. The summed E-state index contributed by atoms with van der Waals surface area (Å²) in [6.45, 7) is 9.67. The van der Waals surface area contributed by atoms with E-state index in [1.807, 2.05) is 19.1 Å². The third-order valence-electron chi connectivity index (χ3n) is 8.27. The first-order valence-corrected chi connectivity index (χ1v) is 14.3. The summed E-state index contributed by atoms with van der Waals surface area (Å²) in [7, 11) is -1.15. The van der Waals surface area contributed by atoms with E-state index in [0.29, 0.717) is 50.2 Å². The SMILES string of the molecule is Cc1c(N2CCC(C)(C)CC2)oc2c(C(C)Nc3ccc(Cl)nc3-c3ccc4c(c3)C=NOB4O)cc(F)cc2c1=O. The van der Waals surface area contributed by atoms with Gasteiger partial charge in [-0.05, 0) is 68.0 Å². The second-order valence-electron chi connectivity index (χ2n) is 11.8. The van der Waals surface area contributed by atoms with Crippen LogP contribution in [0.4, 0.5) is 16.0 Å². The molecular weight excluding hydrogens is 558 g/mol. The van der Waals surface area contributed by atoms with Gasteiger partial charge in [-0.25, -0.2) is 9.37 Å². The number of benzene rings is 2. The molecule has 1 fully saturated rings. The van der Waals surface area contributed by atoms with E-state index >= 15 is 0 Å². The number of fused-ring (bicyclic) bond motifs is 2. The zero-order chi connectivity index (χ0) is 29.8. The van der Waals surface area contributed by atoms with E-state index in [2.05, 4.69) is 34.2 Å². The van der Waals surface area contributed by atoms with Gasteiger partial charge in [0.15, 0.2) is 5.43 Å². The van der Waals surface area contributed by atoms with Crippen LogP contribution in [0.3, 0.4) is 0 Å².